The molecule has 2 aromatic carbocycles. The summed E-state index contributed by atoms with van der Waals surface area (Å²) in [6.07, 6.45) is -0.599. The Labute approximate surface area is 225 Å². The van der Waals surface area contributed by atoms with Crippen molar-refractivity contribution in [1.29, 1.82) is 0 Å². The first-order chi connectivity index (χ1) is 17.9. The number of aliphatic hydroxyl groups is 1. The summed E-state index contributed by atoms with van der Waals surface area (Å²) >= 11 is 0. The Balaban J connectivity index is 1.95. The second kappa shape index (κ2) is 12.6. The van der Waals surface area contributed by atoms with Crippen LogP contribution in [-0.4, -0.2) is 79.6 Å². The summed E-state index contributed by atoms with van der Waals surface area (Å²) in [6.45, 7) is 7.47. The lowest BCUT2D eigenvalue weighted by molar-refractivity contribution is -0.134. The smallest absolute Gasteiger partial charge is 0.319 e. The first kappa shape index (κ1) is 29.4. The number of likely N-dealkylation sites (N-methyl/N-ethyl adjacent to an activating group) is 1. The quantitative estimate of drug-likeness (QED) is 0.467. The number of hydrogen-bond acceptors (Lipinski definition) is 6. The third-order valence-corrected chi connectivity index (χ3v) is 8.32. The fourth-order valence-electron chi connectivity index (χ4n) is 4.28. The molecule has 0 radical (unpaired) electrons. The molecule has 0 unspecified atom stereocenters. The lowest BCUT2D eigenvalue weighted by Gasteiger charge is -2.33. The number of carbonyl (C=O) groups is 2. The van der Waals surface area contributed by atoms with E-state index >= 15 is 0 Å². The Hall–Kier alpha value is -3.15. The van der Waals surface area contributed by atoms with E-state index in [0.717, 1.165) is 0 Å². The van der Waals surface area contributed by atoms with Gasteiger partial charge in [0.05, 0.1) is 30.5 Å². The first-order valence-corrected chi connectivity index (χ1v) is 14.1. The molecule has 38 heavy (non-hydrogen) atoms. The molecule has 3 N–H and O–H groups in total. The molecular formula is C27H38N4O6S. The Bertz CT molecular complexity index is 1220. The van der Waals surface area contributed by atoms with Gasteiger partial charge in [-0.2, -0.15) is 4.31 Å². The fourth-order valence-corrected chi connectivity index (χ4v) is 5.48. The minimum absolute atomic E-state index is 0.00140. The van der Waals surface area contributed by atoms with Crippen LogP contribution in [-0.2, 0) is 21.2 Å². The second-order valence-electron chi connectivity index (χ2n) is 10.1. The molecule has 3 amide bonds. The van der Waals surface area contributed by atoms with E-state index in [1.54, 1.807) is 60.4 Å². The van der Waals surface area contributed by atoms with Crippen LogP contribution >= 0.6 is 0 Å². The number of ether oxygens (including phenoxy) is 1. The number of rotatable bonds is 8. The molecule has 0 spiro atoms. The van der Waals surface area contributed by atoms with E-state index in [1.165, 1.54) is 11.4 Å². The maximum Gasteiger partial charge on any atom is 0.319 e. The van der Waals surface area contributed by atoms with Crippen LogP contribution in [0.4, 0.5) is 10.5 Å². The van der Waals surface area contributed by atoms with Crippen molar-refractivity contribution in [3.63, 3.8) is 0 Å². The van der Waals surface area contributed by atoms with Crippen molar-refractivity contribution in [3.8, 4) is 5.75 Å². The van der Waals surface area contributed by atoms with Crippen molar-refractivity contribution in [2.75, 3.05) is 32.1 Å². The Morgan fingerprint density at radius 2 is 1.87 bits per heavy atom. The van der Waals surface area contributed by atoms with Crippen LogP contribution in [0.25, 0.3) is 0 Å². The summed E-state index contributed by atoms with van der Waals surface area (Å²) in [4.78, 5) is 27.3. The Kier molecular flexibility index (Phi) is 9.75. The number of urea groups is 1. The van der Waals surface area contributed by atoms with Crippen LogP contribution in [0.3, 0.4) is 0 Å². The van der Waals surface area contributed by atoms with E-state index in [1.807, 2.05) is 20.8 Å². The normalized spacial score (nSPS) is 19.2. The molecule has 1 aliphatic heterocycles. The Morgan fingerprint density at radius 3 is 2.50 bits per heavy atom. The average molecular weight is 547 g/mol. The highest BCUT2D eigenvalue weighted by Gasteiger charge is 2.33. The number of nitrogens with zero attached hydrogens (tertiary/aromatic N) is 2. The molecule has 3 atom stereocenters. The van der Waals surface area contributed by atoms with Gasteiger partial charge in [-0.15, -0.1) is 0 Å². The van der Waals surface area contributed by atoms with Gasteiger partial charge >= 0.3 is 6.03 Å². The topological polar surface area (TPSA) is 128 Å². The van der Waals surface area contributed by atoms with Gasteiger partial charge in [0.15, 0.2) is 0 Å². The van der Waals surface area contributed by atoms with Crippen LogP contribution in [0.15, 0.2) is 53.4 Å². The number of amides is 3. The van der Waals surface area contributed by atoms with Crippen LogP contribution in [0.1, 0.15) is 33.3 Å². The lowest BCUT2D eigenvalue weighted by Crippen LogP contribution is -2.48. The molecule has 0 saturated carbocycles. The molecule has 3 rings (SSSR count). The monoisotopic (exact) mass is 546 g/mol. The van der Waals surface area contributed by atoms with Crippen LogP contribution in [0.2, 0.25) is 0 Å². The standard InChI is InChI=1S/C27H38N4O6S/c1-18(2)28-27(34)29-22-11-12-24-21(13-22)14-26(33)31(20(4)17-32)15-19(3)25(37-24)16-30(5)38(35,36)23-9-7-6-8-10-23/h6-13,18-20,25,32H,14-17H2,1-5H3,(H2,28,29,34)/t19-,20+,25+/m0/s1. The summed E-state index contributed by atoms with van der Waals surface area (Å²) in [5, 5.41) is 15.3. The summed E-state index contributed by atoms with van der Waals surface area (Å²) in [5.41, 5.74) is 1.05. The van der Waals surface area contributed by atoms with Crippen molar-refractivity contribution in [2.45, 2.75) is 57.2 Å². The second-order valence-corrected chi connectivity index (χ2v) is 12.1. The first-order valence-electron chi connectivity index (χ1n) is 12.7. The molecule has 0 fully saturated rings. The zero-order valence-corrected chi connectivity index (χ0v) is 23.4. The Morgan fingerprint density at radius 1 is 1.18 bits per heavy atom. The molecule has 208 valence electrons. The van der Waals surface area contributed by atoms with Gasteiger partial charge in [-0.05, 0) is 51.1 Å². The maximum absolute atomic E-state index is 13.3. The largest absolute Gasteiger partial charge is 0.488 e. The van der Waals surface area contributed by atoms with Crippen molar-refractivity contribution >= 4 is 27.6 Å². The van der Waals surface area contributed by atoms with E-state index in [0.29, 0.717) is 17.0 Å². The van der Waals surface area contributed by atoms with Crippen molar-refractivity contribution in [3.05, 3.63) is 54.1 Å². The minimum atomic E-state index is -3.77. The van der Waals surface area contributed by atoms with Gasteiger partial charge in [0.25, 0.3) is 0 Å². The van der Waals surface area contributed by atoms with E-state index in [-0.39, 0.29) is 54.9 Å². The molecule has 0 aromatic heterocycles. The van der Waals surface area contributed by atoms with E-state index in [2.05, 4.69) is 10.6 Å². The molecule has 0 saturated heterocycles. The van der Waals surface area contributed by atoms with Gasteiger partial charge in [-0.3, -0.25) is 4.79 Å². The highest BCUT2D eigenvalue weighted by Crippen LogP contribution is 2.30. The molecule has 1 aliphatic rings. The fraction of sp³-hybridized carbons (Fsp3) is 0.481. The van der Waals surface area contributed by atoms with Gasteiger partial charge in [-0.1, -0.05) is 25.1 Å². The predicted molar refractivity (Wildman–Crippen MR) is 146 cm³/mol. The summed E-state index contributed by atoms with van der Waals surface area (Å²) in [6, 6.07) is 12.4. The van der Waals surface area contributed by atoms with Crippen LogP contribution in [0.5, 0.6) is 5.75 Å². The third-order valence-electron chi connectivity index (χ3n) is 6.48. The maximum atomic E-state index is 13.3. The van der Waals surface area contributed by atoms with Gasteiger partial charge < -0.3 is 25.4 Å². The highest BCUT2D eigenvalue weighted by atomic mass is 32.2. The van der Waals surface area contributed by atoms with E-state index in [4.69, 9.17) is 4.74 Å². The van der Waals surface area contributed by atoms with Crippen LogP contribution < -0.4 is 15.4 Å². The average Bonchev–Trinajstić information content (AvgIpc) is 2.91. The number of hydrogen-bond donors (Lipinski definition) is 3. The molecule has 0 aliphatic carbocycles. The molecule has 0 bridgehead atoms. The van der Waals surface area contributed by atoms with Crippen molar-refractivity contribution < 1.29 is 27.9 Å². The van der Waals surface area contributed by atoms with Gasteiger partial charge in [0.2, 0.25) is 15.9 Å². The number of nitrogens with one attached hydrogen (secondary N) is 2. The number of anilines is 1. The molecule has 1 heterocycles. The van der Waals surface area contributed by atoms with Crippen LogP contribution in [0, 0.1) is 5.92 Å². The molecule has 11 heteroatoms. The molecular weight excluding hydrogens is 508 g/mol. The molecule has 2 aromatic rings. The van der Waals surface area contributed by atoms with E-state index < -0.39 is 22.2 Å². The SMILES string of the molecule is CC(C)NC(=O)Nc1ccc2c(c1)CC(=O)N([C@H](C)CO)C[C@H](C)[C@@H](CN(C)S(=O)(=O)c1ccccc1)O2. The third kappa shape index (κ3) is 7.24. The number of carbonyl (C=O) groups excluding carboxylic acids is 2. The number of benzene rings is 2. The van der Waals surface area contributed by atoms with E-state index in [9.17, 15) is 23.1 Å². The summed E-state index contributed by atoms with van der Waals surface area (Å²) in [7, 11) is -2.26. The number of sulfonamides is 1. The van der Waals surface area contributed by atoms with Gasteiger partial charge in [0, 0.05) is 36.8 Å². The zero-order valence-electron chi connectivity index (χ0n) is 22.5. The number of aliphatic hydroxyl groups excluding tert-OH is 1. The zero-order chi connectivity index (χ0) is 28.0. The predicted octanol–water partition coefficient (Wildman–Crippen LogP) is 2.69. The highest BCUT2D eigenvalue weighted by molar-refractivity contribution is 7.89. The van der Waals surface area contributed by atoms with Crippen molar-refractivity contribution in [2.24, 2.45) is 5.92 Å². The molecule has 10 nitrogen and oxygen atoms in total. The van der Waals surface area contributed by atoms with Gasteiger partial charge in [-0.25, -0.2) is 13.2 Å². The lowest BCUT2D eigenvalue weighted by atomic mass is 10.0. The van der Waals surface area contributed by atoms with Gasteiger partial charge in [0.1, 0.15) is 11.9 Å². The van der Waals surface area contributed by atoms with Crippen molar-refractivity contribution in [1.82, 2.24) is 14.5 Å². The summed E-state index contributed by atoms with van der Waals surface area (Å²) in [5.74, 6) is -0.0195. The summed E-state index contributed by atoms with van der Waals surface area (Å²) < 4.78 is 34.1. The minimum Gasteiger partial charge on any atom is -0.488 e. The number of fused-ring (bicyclic) bond motifs is 1.